The molecule has 0 spiro atoms. The average molecular weight is 369 g/mol. The molecule has 0 unspecified atom stereocenters. The third kappa shape index (κ3) is 3.85. The number of ether oxygens (including phenoxy) is 1. The van der Waals surface area contributed by atoms with Crippen LogP contribution >= 0.6 is 12.1 Å². The number of nitrogens with one attached hydrogen (secondary N) is 1. The quantitative estimate of drug-likeness (QED) is 0.647. The van der Waals surface area contributed by atoms with Crippen LogP contribution in [0.2, 0.25) is 0 Å². The van der Waals surface area contributed by atoms with Gasteiger partial charge in [-0.25, -0.2) is 8.70 Å². The van der Waals surface area contributed by atoms with Crippen LogP contribution < -0.4 is 9.46 Å². The van der Waals surface area contributed by atoms with Crippen molar-refractivity contribution < 1.29 is 9.13 Å². The van der Waals surface area contributed by atoms with Crippen molar-refractivity contribution in [1.82, 2.24) is 14.3 Å². The lowest BCUT2D eigenvalue weighted by molar-refractivity contribution is 0.441. The maximum Gasteiger partial charge on any atom is 0.182 e. The summed E-state index contributed by atoms with van der Waals surface area (Å²) in [5.41, 5.74) is 1.91. The Hall–Kier alpha value is -2.89. The van der Waals surface area contributed by atoms with Crippen molar-refractivity contribution in [1.29, 1.82) is 5.26 Å². The lowest BCUT2D eigenvalue weighted by Gasteiger charge is -2.16. The molecule has 0 bridgehead atoms. The smallest absolute Gasteiger partial charge is 0.182 e. The first-order valence-corrected chi connectivity index (χ1v) is 8.65. The van der Waals surface area contributed by atoms with Crippen LogP contribution in [0.25, 0.3) is 11.0 Å². The van der Waals surface area contributed by atoms with E-state index in [0.29, 0.717) is 22.5 Å². The highest BCUT2D eigenvalue weighted by atomic mass is 32.2. The van der Waals surface area contributed by atoms with Gasteiger partial charge in [-0.3, -0.25) is 9.97 Å². The molecular formula is C18H16FN5OS. The van der Waals surface area contributed by atoms with E-state index in [9.17, 15) is 9.65 Å². The van der Waals surface area contributed by atoms with Crippen LogP contribution in [-0.2, 0) is 0 Å². The second-order valence-corrected chi connectivity index (χ2v) is 6.37. The number of hydrogen-bond donors (Lipinski definition) is 1. The largest absolute Gasteiger partial charge is 0.453 e. The van der Waals surface area contributed by atoms with Gasteiger partial charge in [-0.1, -0.05) is 6.92 Å². The van der Waals surface area contributed by atoms with Crippen LogP contribution in [0, 0.1) is 17.1 Å². The SMILES string of the molecule is CCN(C)SNc1ccc(F)c(Oc2ccc3nccnc3c2)c1C#N. The first-order valence-electron chi connectivity index (χ1n) is 7.87. The third-order valence-corrected chi connectivity index (χ3v) is 4.52. The van der Waals surface area contributed by atoms with Gasteiger partial charge in [0.15, 0.2) is 11.6 Å². The molecule has 8 heteroatoms. The fraction of sp³-hybridized carbons (Fsp3) is 0.167. The van der Waals surface area contributed by atoms with Crippen molar-refractivity contribution in [2.24, 2.45) is 0 Å². The summed E-state index contributed by atoms with van der Waals surface area (Å²) in [5.74, 6) is -0.357. The molecule has 1 N–H and O–H groups in total. The molecule has 0 aliphatic carbocycles. The summed E-state index contributed by atoms with van der Waals surface area (Å²) >= 11 is 1.32. The Labute approximate surface area is 154 Å². The zero-order valence-corrected chi connectivity index (χ0v) is 15.0. The van der Waals surface area contributed by atoms with Gasteiger partial charge in [0.2, 0.25) is 0 Å². The molecule has 0 aliphatic heterocycles. The first-order chi connectivity index (χ1) is 12.6. The Morgan fingerprint density at radius 3 is 2.73 bits per heavy atom. The highest BCUT2D eigenvalue weighted by Gasteiger charge is 2.17. The molecule has 2 aromatic carbocycles. The predicted molar refractivity (Wildman–Crippen MR) is 100 cm³/mol. The van der Waals surface area contributed by atoms with Crippen molar-refractivity contribution in [2.45, 2.75) is 6.92 Å². The minimum absolute atomic E-state index is 0.0984. The molecule has 0 amide bonds. The van der Waals surface area contributed by atoms with Gasteiger partial charge in [-0.05, 0) is 31.3 Å². The molecule has 0 atom stereocenters. The van der Waals surface area contributed by atoms with E-state index in [0.717, 1.165) is 6.54 Å². The van der Waals surface area contributed by atoms with E-state index in [1.807, 2.05) is 24.3 Å². The minimum Gasteiger partial charge on any atom is -0.453 e. The number of hydrogen-bond acceptors (Lipinski definition) is 7. The molecule has 0 aliphatic rings. The molecule has 3 rings (SSSR count). The van der Waals surface area contributed by atoms with E-state index >= 15 is 0 Å². The summed E-state index contributed by atoms with van der Waals surface area (Å²) in [7, 11) is 1.90. The minimum atomic E-state index is -0.611. The zero-order chi connectivity index (χ0) is 18.5. The average Bonchev–Trinajstić information content (AvgIpc) is 2.67. The topological polar surface area (TPSA) is 74.1 Å². The summed E-state index contributed by atoms with van der Waals surface area (Å²) in [5, 5.41) is 9.51. The molecular weight excluding hydrogens is 353 g/mol. The van der Waals surface area contributed by atoms with E-state index in [-0.39, 0.29) is 11.3 Å². The van der Waals surface area contributed by atoms with E-state index < -0.39 is 5.82 Å². The summed E-state index contributed by atoms with van der Waals surface area (Å²) in [4.78, 5) is 8.38. The molecule has 6 nitrogen and oxygen atoms in total. The van der Waals surface area contributed by atoms with Crippen molar-refractivity contribution in [3.05, 3.63) is 54.1 Å². The molecule has 3 aromatic rings. The van der Waals surface area contributed by atoms with Crippen LogP contribution in [0.1, 0.15) is 12.5 Å². The normalized spacial score (nSPS) is 10.7. The van der Waals surface area contributed by atoms with Gasteiger partial charge in [-0.2, -0.15) is 5.26 Å². The number of nitrogens with zero attached hydrogens (tertiary/aromatic N) is 4. The standard InChI is InChI=1S/C18H16FN5OS/c1-3-24(2)26-23-15-7-5-14(19)18(13(15)11-20)25-12-4-6-16-17(10-12)22-9-8-21-16/h4-10,23H,3H2,1-2H3. The Morgan fingerprint density at radius 1 is 1.23 bits per heavy atom. The molecule has 1 aromatic heterocycles. The van der Waals surface area contributed by atoms with E-state index in [2.05, 4.69) is 14.7 Å². The number of rotatable bonds is 6. The lowest BCUT2D eigenvalue weighted by Crippen LogP contribution is -2.11. The van der Waals surface area contributed by atoms with Crippen molar-refractivity contribution in [3.8, 4) is 17.6 Å². The molecule has 132 valence electrons. The van der Waals surface area contributed by atoms with E-state index in [1.165, 1.54) is 24.3 Å². The van der Waals surface area contributed by atoms with Gasteiger partial charge in [0.05, 0.1) is 16.7 Å². The van der Waals surface area contributed by atoms with Crippen molar-refractivity contribution in [2.75, 3.05) is 18.3 Å². The second-order valence-electron chi connectivity index (χ2n) is 5.36. The van der Waals surface area contributed by atoms with Crippen LogP contribution in [0.3, 0.4) is 0 Å². The number of benzene rings is 2. The Bertz CT molecular complexity index is 975. The van der Waals surface area contributed by atoms with Crippen LogP contribution in [0.15, 0.2) is 42.7 Å². The molecule has 0 radical (unpaired) electrons. The summed E-state index contributed by atoms with van der Waals surface area (Å²) in [6.45, 7) is 2.81. The lowest BCUT2D eigenvalue weighted by atomic mass is 10.1. The Balaban J connectivity index is 1.93. The summed E-state index contributed by atoms with van der Waals surface area (Å²) in [6.07, 6.45) is 3.16. The molecule has 1 heterocycles. The number of anilines is 1. The first kappa shape index (κ1) is 17.9. The highest BCUT2D eigenvalue weighted by Crippen LogP contribution is 2.34. The Kier molecular flexibility index (Phi) is 5.51. The Morgan fingerprint density at radius 2 is 2.00 bits per heavy atom. The molecule has 0 fully saturated rings. The maximum absolute atomic E-state index is 14.3. The zero-order valence-electron chi connectivity index (χ0n) is 14.2. The van der Waals surface area contributed by atoms with Crippen molar-refractivity contribution in [3.63, 3.8) is 0 Å². The van der Waals surface area contributed by atoms with Gasteiger partial charge in [0, 0.05) is 37.1 Å². The van der Waals surface area contributed by atoms with Crippen molar-refractivity contribution >= 4 is 28.9 Å². The van der Waals surface area contributed by atoms with Gasteiger partial charge < -0.3 is 9.46 Å². The number of aromatic nitrogens is 2. The second kappa shape index (κ2) is 7.99. The van der Waals surface area contributed by atoms with Gasteiger partial charge >= 0.3 is 0 Å². The van der Waals surface area contributed by atoms with Crippen LogP contribution in [0.5, 0.6) is 11.5 Å². The van der Waals surface area contributed by atoms with Gasteiger partial charge in [0.1, 0.15) is 17.4 Å². The summed E-state index contributed by atoms with van der Waals surface area (Å²) < 4.78 is 25.0. The number of fused-ring (bicyclic) bond motifs is 1. The monoisotopic (exact) mass is 369 g/mol. The van der Waals surface area contributed by atoms with Gasteiger partial charge in [-0.15, -0.1) is 0 Å². The molecule has 26 heavy (non-hydrogen) atoms. The number of halogens is 1. The fourth-order valence-electron chi connectivity index (χ4n) is 2.17. The summed E-state index contributed by atoms with van der Waals surface area (Å²) in [6, 6.07) is 9.85. The van der Waals surface area contributed by atoms with Gasteiger partial charge in [0.25, 0.3) is 0 Å². The third-order valence-electron chi connectivity index (χ3n) is 3.64. The van der Waals surface area contributed by atoms with Crippen LogP contribution in [-0.4, -0.2) is 27.9 Å². The molecule has 0 saturated carbocycles. The predicted octanol–water partition coefficient (Wildman–Crippen LogP) is 4.36. The number of nitriles is 1. The maximum atomic E-state index is 14.3. The highest BCUT2D eigenvalue weighted by molar-refractivity contribution is 7.98. The van der Waals surface area contributed by atoms with Crippen LogP contribution in [0.4, 0.5) is 10.1 Å². The van der Waals surface area contributed by atoms with E-state index in [1.54, 1.807) is 30.6 Å². The molecule has 0 saturated heterocycles. The fourth-order valence-corrected chi connectivity index (χ4v) is 2.72. The van der Waals surface area contributed by atoms with E-state index in [4.69, 9.17) is 4.74 Å².